The number of anilines is 1. The molecule has 7 nitrogen and oxygen atoms in total. The van der Waals surface area contributed by atoms with Crippen molar-refractivity contribution in [2.24, 2.45) is 0 Å². The number of halogens is 2. The smallest absolute Gasteiger partial charge is 0.323 e. The van der Waals surface area contributed by atoms with Crippen LogP contribution in [0.4, 0.5) is 5.69 Å². The van der Waals surface area contributed by atoms with E-state index >= 15 is 0 Å². The Morgan fingerprint density at radius 2 is 1.59 bits per heavy atom. The molecule has 2 aromatic carbocycles. The van der Waals surface area contributed by atoms with Gasteiger partial charge in [-0.2, -0.15) is 0 Å². The first-order valence-corrected chi connectivity index (χ1v) is 8.64. The van der Waals surface area contributed by atoms with Crippen LogP contribution in [-0.2, 0) is 16.0 Å². The second kappa shape index (κ2) is 8.83. The Labute approximate surface area is 165 Å². The highest BCUT2D eigenvalue weighted by molar-refractivity contribution is 6.37. The molecule has 0 fully saturated rings. The van der Waals surface area contributed by atoms with Crippen LogP contribution < -0.4 is 9.64 Å². The van der Waals surface area contributed by atoms with Gasteiger partial charge in [-0.05, 0) is 42.3 Å². The summed E-state index contributed by atoms with van der Waals surface area (Å²) in [6, 6.07) is 7.46. The number of hydrogen-bond donors (Lipinski definition) is 3. The first-order chi connectivity index (χ1) is 12.7. The number of aromatic hydroxyl groups is 1. The minimum absolute atomic E-state index is 0.0874. The molecule has 0 aliphatic carbocycles. The second-order valence-corrected chi connectivity index (χ2v) is 6.44. The van der Waals surface area contributed by atoms with Crippen molar-refractivity contribution in [2.45, 2.75) is 13.3 Å². The van der Waals surface area contributed by atoms with E-state index in [2.05, 4.69) is 0 Å². The van der Waals surface area contributed by atoms with Gasteiger partial charge in [-0.1, -0.05) is 30.1 Å². The maximum absolute atomic E-state index is 11.0. The lowest BCUT2D eigenvalue weighted by atomic mass is 10.1. The molecule has 2 rings (SSSR count). The van der Waals surface area contributed by atoms with Crippen molar-refractivity contribution in [3.8, 4) is 17.2 Å². The van der Waals surface area contributed by atoms with Crippen LogP contribution in [0.3, 0.4) is 0 Å². The number of rotatable bonds is 8. The van der Waals surface area contributed by atoms with E-state index < -0.39 is 25.0 Å². The molecule has 0 bridgehead atoms. The summed E-state index contributed by atoms with van der Waals surface area (Å²) in [6.07, 6.45) is 0.600. The molecule has 27 heavy (non-hydrogen) atoms. The Morgan fingerprint density at radius 3 is 2.07 bits per heavy atom. The predicted octanol–water partition coefficient (Wildman–Crippen LogP) is 4.03. The average molecular weight is 414 g/mol. The van der Waals surface area contributed by atoms with Crippen LogP contribution in [-0.4, -0.2) is 40.3 Å². The predicted molar refractivity (Wildman–Crippen MR) is 102 cm³/mol. The molecule has 0 aromatic heterocycles. The van der Waals surface area contributed by atoms with E-state index in [1.165, 1.54) is 18.2 Å². The highest BCUT2D eigenvalue weighted by atomic mass is 35.5. The molecular formula is C18H17Cl2NO6. The minimum Gasteiger partial charge on any atom is -0.508 e. The molecule has 0 atom stereocenters. The van der Waals surface area contributed by atoms with Crippen molar-refractivity contribution >= 4 is 40.8 Å². The maximum atomic E-state index is 11.0. The van der Waals surface area contributed by atoms with Gasteiger partial charge in [-0.25, -0.2) is 0 Å². The molecule has 0 amide bonds. The third kappa shape index (κ3) is 5.42. The lowest BCUT2D eigenvalue weighted by Crippen LogP contribution is -2.34. The fourth-order valence-electron chi connectivity index (χ4n) is 2.42. The quantitative estimate of drug-likeness (QED) is 0.599. The first-order valence-electron chi connectivity index (χ1n) is 7.88. The summed E-state index contributed by atoms with van der Waals surface area (Å²) in [6.45, 7) is 0.820. The molecule has 2 aromatic rings. The summed E-state index contributed by atoms with van der Waals surface area (Å²) in [5.41, 5.74) is 0.924. The van der Waals surface area contributed by atoms with Crippen LogP contribution in [0.25, 0.3) is 0 Å². The third-order valence-corrected chi connectivity index (χ3v) is 4.21. The minimum atomic E-state index is -1.19. The monoisotopic (exact) mass is 413 g/mol. The molecular weight excluding hydrogens is 397 g/mol. The number of carboxylic acids is 2. The Bertz CT molecular complexity index is 832. The molecule has 0 aliphatic rings. The number of benzene rings is 2. The molecule has 0 heterocycles. The van der Waals surface area contributed by atoms with E-state index in [4.69, 9.17) is 38.2 Å². The number of ether oxygens (including phenoxy) is 1. The number of aryl methyl sites for hydroxylation is 1. The Kier molecular flexibility index (Phi) is 6.76. The standard InChI is InChI=1S/C18H17Cl2NO6/c1-2-10-5-12(3-4-15(10)22)27-18-13(19)6-11(7-14(18)20)21(8-16(23)24)9-17(25)26/h3-7,22H,2,8-9H2,1H3,(H,23,24)(H,25,26). The maximum Gasteiger partial charge on any atom is 0.323 e. The Balaban J connectivity index is 2.35. The molecule has 0 unspecified atom stereocenters. The fraction of sp³-hybridized carbons (Fsp3) is 0.222. The van der Waals surface area contributed by atoms with Gasteiger partial charge in [0.15, 0.2) is 5.75 Å². The zero-order chi connectivity index (χ0) is 20.1. The van der Waals surface area contributed by atoms with Crippen LogP contribution in [0.15, 0.2) is 30.3 Å². The number of phenols is 1. The molecule has 0 saturated heterocycles. The first kappa shape index (κ1) is 20.7. The van der Waals surface area contributed by atoms with Crippen molar-refractivity contribution < 1.29 is 29.6 Å². The van der Waals surface area contributed by atoms with Gasteiger partial charge in [-0.3, -0.25) is 9.59 Å². The summed E-state index contributed by atoms with van der Waals surface area (Å²) in [4.78, 5) is 23.1. The van der Waals surface area contributed by atoms with Gasteiger partial charge in [0, 0.05) is 5.69 Å². The largest absolute Gasteiger partial charge is 0.508 e. The summed E-state index contributed by atoms with van der Waals surface area (Å²) >= 11 is 12.5. The van der Waals surface area contributed by atoms with Gasteiger partial charge >= 0.3 is 11.9 Å². The van der Waals surface area contributed by atoms with E-state index in [1.54, 1.807) is 12.1 Å². The zero-order valence-corrected chi connectivity index (χ0v) is 15.8. The van der Waals surface area contributed by atoms with Crippen molar-refractivity contribution in [3.63, 3.8) is 0 Å². The number of nitrogens with zero attached hydrogens (tertiary/aromatic N) is 1. The van der Waals surface area contributed by atoms with Crippen LogP contribution in [0.1, 0.15) is 12.5 Å². The number of carboxylic acid groups (broad SMARTS) is 2. The van der Waals surface area contributed by atoms with Crippen molar-refractivity contribution in [1.82, 2.24) is 0 Å². The number of hydrogen-bond acceptors (Lipinski definition) is 5. The molecule has 0 aliphatic heterocycles. The summed E-state index contributed by atoms with van der Waals surface area (Å²) in [5.74, 6) is -1.69. The van der Waals surface area contributed by atoms with E-state index in [0.717, 1.165) is 4.90 Å². The van der Waals surface area contributed by atoms with Crippen LogP contribution in [0, 0.1) is 0 Å². The van der Waals surface area contributed by atoms with Crippen molar-refractivity contribution in [2.75, 3.05) is 18.0 Å². The van der Waals surface area contributed by atoms with Gasteiger partial charge in [0.05, 0.1) is 10.0 Å². The topological polar surface area (TPSA) is 107 Å². The average Bonchev–Trinajstić information content (AvgIpc) is 2.57. The van der Waals surface area contributed by atoms with E-state index in [0.29, 0.717) is 17.7 Å². The van der Waals surface area contributed by atoms with Gasteiger partial charge in [0.25, 0.3) is 0 Å². The molecule has 3 N–H and O–H groups in total. The molecule has 0 saturated carbocycles. The van der Waals surface area contributed by atoms with E-state index in [-0.39, 0.29) is 27.2 Å². The summed E-state index contributed by atoms with van der Waals surface area (Å²) < 4.78 is 5.71. The SMILES string of the molecule is CCc1cc(Oc2c(Cl)cc(N(CC(=O)O)CC(=O)O)cc2Cl)ccc1O. The van der Waals surface area contributed by atoms with Crippen LogP contribution in [0.2, 0.25) is 10.0 Å². The lowest BCUT2D eigenvalue weighted by molar-refractivity contribution is -0.136. The van der Waals surface area contributed by atoms with Crippen LogP contribution in [0.5, 0.6) is 17.2 Å². The highest BCUT2D eigenvalue weighted by Gasteiger charge is 2.19. The molecule has 9 heteroatoms. The lowest BCUT2D eigenvalue weighted by Gasteiger charge is -2.22. The zero-order valence-electron chi connectivity index (χ0n) is 14.3. The van der Waals surface area contributed by atoms with Gasteiger partial charge in [-0.15, -0.1) is 0 Å². The number of phenolic OH excluding ortho intramolecular Hbond substituents is 1. The van der Waals surface area contributed by atoms with Crippen LogP contribution >= 0.6 is 23.2 Å². The van der Waals surface area contributed by atoms with Crippen molar-refractivity contribution in [3.05, 3.63) is 45.9 Å². The fourth-order valence-corrected chi connectivity index (χ4v) is 2.97. The third-order valence-electron chi connectivity index (χ3n) is 3.65. The molecule has 144 valence electrons. The van der Waals surface area contributed by atoms with Gasteiger partial charge in [0.2, 0.25) is 0 Å². The highest BCUT2D eigenvalue weighted by Crippen LogP contribution is 2.40. The number of aliphatic carboxylic acids is 2. The number of carbonyl (C=O) groups is 2. The Hall–Kier alpha value is -2.64. The second-order valence-electron chi connectivity index (χ2n) is 5.63. The van der Waals surface area contributed by atoms with Crippen molar-refractivity contribution in [1.29, 1.82) is 0 Å². The Morgan fingerprint density at radius 1 is 1.04 bits per heavy atom. The van der Waals surface area contributed by atoms with E-state index in [1.807, 2.05) is 6.92 Å². The van der Waals surface area contributed by atoms with E-state index in [9.17, 15) is 14.7 Å². The normalized spacial score (nSPS) is 10.5. The van der Waals surface area contributed by atoms with Gasteiger partial charge < -0.3 is 25.0 Å². The summed E-state index contributed by atoms with van der Waals surface area (Å²) in [5, 5.41) is 27.9. The molecule has 0 radical (unpaired) electrons. The summed E-state index contributed by atoms with van der Waals surface area (Å²) in [7, 11) is 0. The van der Waals surface area contributed by atoms with Gasteiger partial charge in [0.1, 0.15) is 24.6 Å². The molecule has 0 spiro atoms.